The number of amides is 1. The van der Waals surface area contributed by atoms with Crippen LogP contribution in [-0.2, 0) is 4.79 Å². The fourth-order valence-corrected chi connectivity index (χ4v) is 3.52. The Morgan fingerprint density at radius 3 is 2.76 bits per heavy atom. The Labute approximate surface area is 181 Å². The Bertz CT molecular complexity index is 1310. The third kappa shape index (κ3) is 3.87. The van der Waals surface area contributed by atoms with Gasteiger partial charge in [-0.25, -0.2) is 9.97 Å². The molecule has 0 bridgehead atoms. The lowest BCUT2D eigenvalue weighted by molar-refractivity contribution is -0.119. The number of hydrogen-bond donors (Lipinski definition) is 0. The largest absolute Gasteiger partial charge is 0.300 e. The molecule has 0 N–H and O–H groups in total. The van der Waals surface area contributed by atoms with Crippen molar-refractivity contribution in [2.75, 3.05) is 4.90 Å². The summed E-state index contributed by atoms with van der Waals surface area (Å²) in [5.74, 6) is -3.11. The second-order valence-corrected chi connectivity index (χ2v) is 7.39. The summed E-state index contributed by atoms with van der Waals surface area (Å²) < 4.78 is 40.9. The van der Waals surface area contributed by atoms with Crippen molar-refractivity contribution >= 4 is 40.1 Å². The number of pyridine rings is 2. The number of aromatic nitrogens is 2. The van der Waals surface area contributed by atoms with Gasteiger partial charge in [0.2, 0.25) is 0 Å². The van der Waals surface area contributed by atoms with Crippen LogP contribution >= 0.6 is 11.6 Å². The van der Waals surface area contributed by atoms with E-state index in [2.05, 4.69) is 9.97 Å². The predicted octanol–water partition coefficient (Wildman–Crippen LogP) is 5.38. The lowest BCUT2D eigenvalue weighted by Gasteiger charge is -2.24. The summed E-state index contributed by atoms with van der Waals surface area (Å²) in [5, 5.41) is 0.931. The van der Waals surface area contributed by atoms with Gasteiger partial charge in [-0.15, -0.1) is 0 Å². The average Bonchev–Trinajstić information content (AvgIpc) is 3.04. The molecule has 4 rings (SSSR count). The number of anilines is 1. The highest BCUT2D eigenvalue weighted by atomic mass is 35.5. The molecule has 5 nitrogen and oxygen atoms in total. The van der Waals surface area contributed by atoms with Crippen LogP contribution in [0.4, 0.5) is 5.82 Å². The SMILES string of the molecule is [2H]C(C)(C)C([2H])([2H])C([2H])([2H])C(=O)C[C@H]1c2ccccc2C(=O)N1c1ccc2ccc(Cl)nc2n1. The Morgan fingerprint density at radius 2 is 1.97 bits per heavy atom. The number of ketones is 1. The van der Waals surface area contributed by atoms with Crippen molar-refractivity contribution < 1.29 is 16.4 Å². The van der Waals surface area contributed by atoms with Crippen LogP contribution in [0.5, 0.6) is 0 Å². The summed E-state index contributed by atoms with van der Waals surface area (Å²) >= 11 is 5.99. The Balaban J connectivity index is 1.77. The lowest BCUT2D eigenvalue weighted by Crippen LogP contribution is -2.30. The topological polar surface area (TPSA) is 63.2 Å². The summed E-state index contributed by atoms with van der Waals surface area (Å²) in [7, 11) is 0. The van der Waals surface area contributed by atoms with Crippen LogP contribution in [0, 0.1) is 5.89 Å². The number of rotatable bonds is 6. The van der Waals surface area contributed by atoms with Gasteiger partial charge in [0.15, 0.2) is 5.65 Å². The van der Waals surface area contributed by atoms with Gasteiger partial charge in [-0.1, -0.05) is 43.6 Å². The van der Waals surface area contributed by atoms with Gasteiger partial charge in [-0.3, -0.25) is 14.5 Å². The molecule has 0 saturated carbocycles. The van der Waals surface area contributed by atoms with E-state index in [1.807, 2.05) is 0 Å². The van der Waals surface area contributed by atoms with E-state index in [-0.39, 0.29) is 11.0 Å². The van der Waals surface area contributed by atoms with Crippen LogP contribution in [0.3, 0.4) is 0 Å². The summed E-state index contributed by atoms with van der Waals surface area (Å²) in [5.41, 5.74) is 1.18. The Kier molecular flexibility index (Phi) is 3.88. The molecule has 0 radical (unpaired) electrons. The van der Waals surface area contributed by atoms with Gasteiger partial charge < -0.3 is 0 Å². The molecule has 0 fully saturated rings. The minimum Gasteiger partial charge on any atom is -0.300 e. The second kappa shape index (κ2) is 7.91. The van der Waals surface area contributed by atoms with E-state index < -0.39 is 42.8 Å². The molecule has 29 heavy (non-hydrogen) atoms. The molecule has 3 heterocycles. The maximum Gasteiger partial charge on any atom is 0.260 e. The number of halogens is 1. The molecular weight excluding hydrogens is 386 g/mol. The minimum absolute atomic E-state index is 0.214. The van der Waals surface area contributed by atoms with E-state index in [0.29, 0.717) is 22.2 Å². The van der Waals surface area contributed by atoms with E-state index in [1.165, 1.54) is 18.7 Å². The molecule has 1 atom stereocenters. The molecule has 0 unspecified atom stereocenters. The first-order valence-corrected chi connectivity index (χ1v) is 9.52. The van der Waals surface area contributed by atoms with Gasteiger partial charge >= 0.3 is 0 Å². The summed E-state index contributed by atoms with van der Waals surface area (Å²) in [6, 6.07) is 12.5. The van der Waals surface area contributed by atoms with Gasteiger partial charge in [0, 0.05) is 30.6 Å². The van der Waals surface area contributed by atoms with Gasteiger partial charge in [0.25, 0.3) is 5.91 Å². The van der Waals surface area contributed by atoms with Crippen molar-refractivity contribution in [3.05, 3.63) is 64.8 Å². The molecule has 0 spiro atoms. The summed E-state index contributed by atoms with van der Waals surface area (Å²) in [6.07, 6.45) is -6.23. The van der Waals surface area contributed by atoms with Crippen molar-refractivity contribution in [3.63, 3.8) is 0 Å². The van der Waals surface area contributed by atoms with E-state index >= 15 is 0 Å². The lowest BCUT2D eigenvalue weighted by atomic mass is 9.97. The zero-order valence-electron chi connectivity index (χ0n) is 20.9. The van der Waals surface area contributed by atoms with E-state index in [1.54, 1.807) is 48.5 Å². The summed E-state index contributed by atoms with van der Waals surface area (Å²) in [6.45, 7) is 2.44. The smallest absolute Gasteiger partial charge is 0.260 e. The van der Waals surface area contributed by atoms with Crippen LogP contribution in [0.1, 0.15) is 61.8 Å². The molecule has 0 saturated heterocycles. The third-order valence-corrected chi connectivity index (χ3v) is 4.87. The molecule has 3 aromatic rings. The first kappa shape index (κ1) is 14.2. The molecule has 2 aromatic heterocycles. The molecule has 148 valence electrons. The number of fused-ring (bicyclic) bond motifs is 2. The molecule has 1 amide bonds. The molecule has 1 aliphatic heterocycles. The van der Waals surface area contributed by atoms with Crippen LogP contribution in [-0.4, -0.2) is 21.7 Å². The first-order valence-electron chi connectivity index (χ1n) is 11.6. The normalized spacial score (nSPS) is 19.8. The number of benzene rings is 1. The van der Waals surface area contributed by atoms with Gasteiger partial charge in [-0.2, -0.15) is 0 Å². The zero-order chi connectivity index (χ0) is 25.1. The predicted molar refractivity (Wildman–Crippen MR) is 114 cm³/mol. The fourth-order valence-electron chi connectivity index (χ4n) is 3.38. The number of nitrogens with zero attached hydrogens (tertiary/aromatic N) is 3. The van der Waals surface area contributed by atoms with Gasteiger partial charge in [0.05, 0.1) is 6.04 Å². The van der Waals surface area contributed by atoms with Gasteiger partial charge in [0.1, 0.15) is 16.8 Å². The average molecular weight is 413 g/mol. The maximum absolute atomic E-state index is 13.3. The molecule has 1 aromatic carbocycles. The van der Waals surface area contributed by atoms with E-state index in [9.17, 15) is 9.59 Å². The number of hydrogen-bond acceptors (Lipinski definition) is 4. The Hall–Kier alpha value is -2.79. The summed E-state index contributed by atoms with van der Waals surface area (Å²) in [4.78, 5) is 36.5. The van der Waals surface area contributed by atoms with Crippen molar-refractivity contribution in [1.29, 1.82) is 0 Å². The zero-order valence-corrected chi connectivity index (χ0v) is 16.7. The van der Waals surface area contributed by atoms with Gasteiger partial charge in [-0.05, 0) is 48.2 Å². The van der Waals surface area contributed by atoms with E-state index in [4.69, 9.17) is 18.5 Å². The monoisotopic (exact) mass is 412 g/mol. The maximum atomic E-state index is 13.3. The standard InChI is InChI=1S/C23H22ClN3O2/c1-14(2)7-10-16(28)13-19-17-5-3-4-6-18(17)23(29)27(19)21-12-9-15-8-11-20(24)25-22(15)26-21/h3-6,8-9,11-12,14,19H,7,10,13H2,1-2H3/t19-/m0/s1/i7D2,10D2,14D. The highest BCUT2D eigenvalue weighted by molar-refractivity contribution is 6.29. The van der Waals surface area contributed by atoms with Crippen LogP contribution in [0.15, 0.2) is 48.5 Å². The third-order valence-electron chi connectivity index (χ3n) is 4.66. The van der Waals surface area contributed by atoms with E-state index in [0.717, 1.165) is 0 Å². The van der Waals surface area contributed by atoms with Crippen molar-refractivity contribution in [1.82, 2.24) is 9.97 Å². The molecule has 1 aliphatic rings. The Morgan fingerprint density at radius 1 is 1.21 bits per heavy atom. The second-order valence-electron chi connectivity index (χ2n) is 7.01. The van der Waals surface area contributed by atoms with Crippen LogP contribution < -0.4 is 4.90 Å². The van der Waals surface area contributed by atoms with Crippen molar-refractivity contribution in [2.24, 2.45) is 5.89 Å². The van der Waals surface area contributed by atoms with Crippen LogP contribution in [0.25, 0.3) is 11.0 Å². The minimum atomic E-state index is -2.96. The molecule has 0 aliphatic carbocycles. The number of Topliss-reactive ketones (excluding diaryl/α,β-unsaturated/α-hetero) is 1. The number of carbonyl (C=O) groups excluding carboxylic acids is 2. The van der Waals surface area contributed by atoms with Crippen molar-refractivity contribution in [2.45, 2.75) is 39.1 Å². The highest BCUT2D eigenvalue weighted by Gasteiger charge is 2.39. The molecular formula is C23H22ClN3O2. The fraction of sp³-hybridized carbons (Fsp3) is 0.304. The number of carbonyl (C=O) groups is 2. The quantitative estimate of drug-likeness (QED) is 0.510. The first-order chi connectivity index (χ1) is 15.8. The van der Waals surface area contributed by atoms with Crippen molar-refractivity contribution in [3.8, 4) is 0 Å². The molecule has 6 heteroatoms. The van der Waals surface area contributed by atoms with Crippen LogP contribution in [0.2, 0.25) is 5.15 Å². The highest BCUT2D eigenvalue weighted by Crippen LogP contribution is 2.39.